The van der Waals surface area contributed by atoms with E-state index in [4.69, 9.17) is 16.3 Å². The number of nitrogens with one attached hydrogen (secondary N) is 1. The minimum Gasteiger partial charge on any atom is -0.450 e. The van der Waals surface area contributed by atoms with Crippen LogP contribution in [0.3, 0.4) is 0 Å². The summed E-state index contributed by atoms with van der Waals surface area (Å²) in [4.78, 5) is 24.1. The van der Waals surface area contributed by atoms with E-state index in [1.54, 1.807) is 26.0 Å². The highest BCUT2D eigenvalue weighted by atomic mass is 35.5. The minimum absolute atomic E-state index is 0.111. The van der Waals surface area contributed by atoms with Crippen LogP contribution in [0.15, 0.2) is 35.5 Å². The first-order valence-electron chi connectivity index (χ1n) is 6.42. The lowest BCUT2D eigenvalue weighted by molar-refractivity contribution is -0.144. The molecule has 0 saturated heterocycles. The molecule has 104 valence electrons. The number of hydrogen-bond acceptors (Lipinski definition) is 3. The number of benzene rings is 1. The van der Waals surface area contributed by atoms with E-state index in [9.17, 15) is 9.59 Å². The van der Waals surface area contributed by atoms with Crippen LogP contribution in [-0.2, 0) is 14.3 Å². The smallest absolute Gasteiger partial charge is 0.337 e. The normalized spacial score (nSPS) is 24.2. The largest absolute Gasteiger partial charge is 0.450 e. The molecule has 4 nitrogen and oxygen atoms in total. The molecule has 3 rings (SSSR count). The molecule has 20 heavy (non-hydrogen) atoms. The second kappa shape index (κ2) is 4.35. The van der Waals surface area contributed by atoms with Gasteiger partial charge in [0, 0.05) is 17.4 Å². The van der Waals surface area contributed by atoms with Gasteiger partial charge >= 0.3 is 5.97 Å². The third-order valence-electron chi connectivity index (χ3n) is 3.69. The number of carbonyl (C=O) groups excluding carboxylic acids is 2. The quantitative estimate of drug-likeness (QED) is 0.809. The molecule has 0 spiro atoms. The van der Waals surface area contributed by atoms with Crippen LogP contribution in [0.25, 0.3) is 0 Å². The number of halogens is 1. The highest BCUT2D eigenvalue weighted by Gasteiger charge is 2.47. The van der Waals surface area contributed by atoms with E-state index < -0.39 is 5.60 Å². The van der Waals surface area contributed by atoms with Crippen molar-refractivity contribution in [2.75, 3.05) is 0 Å². The Bertz CT molecular complexity index is 648. The third kappa shape index (κ3) is 2.00. The van der Waals surface area contributed by atoms with Gasteiger partial charge in [0.05, 0.1) is 11.3 Å². The predicted octanol–water partition coefficient (Wildman–Crippen LogP) is 2.53. The van der Waals surface area contributed by atoms with E-state index in [2.05, 4.69) is 5.32 Å². The van der Waals surface area contributed by atoms with Crippen LogP contribution < -0.4 is 5.32 Å². The fraction of sp³-hybridized carbons (Fsp3) is 0.333. The van der Waals surface area contributed by atoms with Crippen molar-refractivity contribution >= 4 is 23.5 Å². The molecule has 1 N–H and O–H groups in total. The zero-order valence-corrected chi connectivity index (χ0v) is 12.0. The van der Waals surface area contributed by atoms with E-state index in [1.165, 1.54) is 0 Å². The van der Waals surface area contributed by atoms with Crippen LogP contribution in [0.2, 0.25) is 5.02 Å². The number of cyclic esters (lactones) is 1. The molecule has 1 aromatic carbocycles. The lowest BCUT2D eigenvalue weighted by Crippen LogP contribution is -2.38. The second-order valence-corrected chi connectivity index (χ2v) is 5.98. The number of hydrogen-bond donors (Lipinski definition) is 1. The second-order valence-electron chi connectivity index (χ2n) is 5.55. The van der Waals surface area contributed by atoms with Gasteiger partial charge in [0.2, 0.25) is 5.91 Å². The highest BCUT2D eigenvalue weighted by Crippen LogP contribution is 2.42. The summed E-state index contributed by atoms with van der Waals surface area (Å²) in [5, 5.41) is 3.36. The molecule has 2 aliphatic rings. The number of amides is 1. The predicted molar refractivity (Wildman–Crippen MR) is 74.1 cm³/mol. The number of carbonyl (C=O) groups is 2. The van der Waals surface area contributed by atoms with Gasteiger partial charge in [-0.2, -0.15) is 0 Å². The maximum absolute atomic E-state index is 12.1. The van der Waals surface area contributed by atoms with Crippen molar-refractivity contribution < 1.29 is 14.3 Å². The molecule has 2 heterocycles. The van der Waals surface area contributed by atoms with E-state index in [0.717, 1.165) is 5.56 Å². The average molecular weight is 292 g/mol. The van der Waals surface area contributed by atoms with Crippen LogP contribution in [0.1, 0.15) is 31.7 Å². The molecule has 2 aliphatic heterocycles. The SMILES string of the molecule is CC1(C)OC(=O)C2=C1NC(=O)C[C@H]2c1cccc(Cl)c1. The zero-order chi connectivity index (χ0) is 14.5. The van der Waals surface area contributed by atoms with Crippen molar-refractivity contribution in [2.24, 2.45) is 0 Å². The summed E-state index contributed by atoms with van der Waals surface area (Å²) >= 11 is 6.00. The molecule has 0 fully saturated rings. The first-order chi connectivity index (χ1) is 9.38. The van der Waals surface area contributed by atoms with Crippen molar-refractivity contribution in [3.63, 3.8) is 0 Å². The van der Waals surface area contributed by atoms with Crippen molar-refractivity contribution in [1.29, 1.82) is 0 Å². The van der Waals surface area contributed by atoms with E-state index in [0.29, 0.717) is 16.3 Å². The van der Waals surface area contributed by atoms with Gasteiger partial charge in [-0.05, 0) is 31.5 Å². The number of rotatable bonds is 1. The monoisotopic (exact) mass is 291 g/mol. The topological polar surface area (TPSA) is 55.4 Å². The fourth-order valence-electron chi connectivity index (χ4n) is 2.78. The van der Waals surface area contributed by atoms with Crippen molar-refractivity contribution in [3.8, 4) is 0 Å². The summed E-state index contributed by atoms with van der Waals surface area (Å²) in [6.07, 6.45) is 0.227. The first kappa shape index (κ1) is 13.2. The van der Waals surface area contributed by atoms with E-state index in [1.807, 2.05) is 12.1 Å². The average Bonchev–Trinajstić information content (AvgIpc) is 2.59. The third-order valence-corrected chi connectivity index (χ3v) is 3.93. The summed E-state index contributed by atoms with van der Waals surface area (Å²) in [6.45, 7) is 3.54. The molecule has 0 bridgehead atoms. The molecule has 0 radical (unpaired) electrons. The molecular weight excluding hydrogens is 278 g/mol. The van der Waals surface area contributed by atoms with Gasteiger partial charge in [0.25, 0.3) is 0 Å². The molecule has 0 unspecified atom stereocenters. The Morgan fingerprint density at radius 1 is 1.35 bits per heavy atom. The van der Waals surface area contributed by atoms with E-state index >= 15 is 0 Å². The van der Waals surface area contributed by atoms with Crippen molar-refractivity contribution in [3.05, 3.63) is 46.1 Å². The Balaban J connectivity index is 2.13. The fourth-order valence-corrected chi connectivity index (χ4v) is 2.98. The van der Waals surface area contributed by atoms with Crippen molar-refractivity contribution in [1.82, 2.24) is 5.32 Å². The van der Waals surface area contributed by atoms with Crippen LogP contribution in [0.4, 0.5) is 0 Å². The molecular formula is C15H14ClNO3. The molecule has 0 saturated carbocycles. The lowest BCUT2D eigenvalue weighted by Gasteiger charge is -2.27. The standard InChI is InChI=1S/C15H14ClNO3/c1-15(2)13-12(14(19)20-15)10(7-11(18)17-13)8-4-3-5-9(16)6-8/h3-6,10H,7H2,1-2H3,(H,17,18)/t10-/m0/s1. The van der Waals surface area contributed by atoms with Crippen LogP contribution in [0, 0.1) is 0 Å². The maximum atomic E-state index is 12.1. The summed E-state index contributed by atoms with van der Waals surface area (Å²) in [5.41, 5.74) is 1.18. The summed E-state index contributed by atoms with van der Waals surface area (Å²) in [6, 6.07) is 7.24. The van der Waals surface area contributed by atoms with Crippen molar-refractivity contribution in [2.45, 2.75) is 31.8 Å². The lowest BCUT2D eigenvalue weighted by atomic mass is 9.83. The first-order valence-corrected chi connectivity index (χ1v) is 6.79. The Kier molecular flexibility index (Phi) is 2.87. The molecule has 1 amide bonds. The van der Waals surface area contributed by atoms with Gasteiger partial charge in [-0.15, -0.1) is 0 Å². The number of esters is 1. The zero-order valence-electron chi connectivity index (χ0n) is 11.2. The van der Waals surface area contributed by atoms with Gasteiger partial charge < -0.3 is 10.1 Å². The Morgan fingerprint density at radius 2 is 2.10 bits per heavy atom. The van der Waals surface area contributed by atoms with Gasteiger partial charge in [-0.1, -0.05) is 23.7 Å². The van der Waals surface area contributed by atoms with Crippen LogP contribution >= 0.6 is 11.6 Å². The van der Waals surface area contributed by atoms with Gasteiger partial charge in [-0.3, -0.25) is 4.79 Å². The van der Waals surface area contributed by atoms with Gasteiger partial charge in [-0.25, -0.2) is 4.79 Å². The van der Waals surface area contributed by atoms with E-state index in [-0.39, 0.29) is 24.2 Å². The summed E-state index contributed by atoms with van der Waals surface area (Å²) in [7, 11) is 0. The van der Waals surface area contributed by atoms with Gasteiger partial charge in [0.15, 0.2) is 0 Å². The molecule has 1 atom stereocenters. The Morgan fingerprint density at radius 3 is 2.80 bits per heavy atom. The minimum atomic E-state index is -0.792. The van der Waals surface area contributed by atoms with Crippen LogP contribution in [-0.4, -0.2) is 17.5 Å². The molecule has 0 aliphatic carbocycles. The summed E-state index contributed by atoms with van der Waals surface area (Å²) < 4.78 is 5.37. The van der Waals surface area contributed by atoms with Crippen LogP contribution in [0.5, 0.6) is 0 Å². The van der Waals surface area contributed by atoms with Gasteiger partial charge in [0.1, 0.15) is 5.60 Å². The number of ether oxygens (including phenoxy) is 1. The Hall–Kier alpha value is -1.81. The summed E-state index contributed by atoms with van der Waals surface area (Å²) in [5.74, 6) is -0.776. The highest BCUT2D eigenvalue weighted by molar-refractivity contribution is 6.30. The Labute approximate surface area is 121 Å². The molecule has 5 heteroatoms. The molecule has 1 aromatic rings. The maximum Gasteiger partial charge on any atom is 0.337 e. The molecule has 0 aromatic heterocycles.